The first-order chi connectivity index (χ1) is 12.0. The van der Waals surface area contributed by atoms with Crippen LogP contribution in [-0.2, 0) is 4.79 Å². The number of nitrogens with zero attached hydrogens (tertiary/aromatic N) is 1. The van der Waals surface area contributed by atoms with Gasteiger partial charge in [-0.25, -0.2) is 4.79 Å². The van der Waals surface area contributed by atoms with Crippen LogP contribution in [0.3, 0.4) is 0 Å². The van der Waals surface area contributed by atoms with Crippen molar-refractivity contribution in [1.82, 2.24) is 15.5 Å². The van der Waals surface area contributed by atoms with Crippen LogP contribution in [0.25, 0.3) is 0 Å². The summed E-state index contributed by atoms with van der Waals surface area (Å²) in [5, 5.41) is 5.80. The number of carbonyl (C=O) groups excluding carboxylic acids is 2. The van der Waals surface area contributed by atoms with Crippen LogP contribution in [0.5, 0.6) is 5.75 Å². The zero-order chi connectivity index (χ0) is 18.2. The molecular weight excluding hydrogens is 318 g/mol. The molecule has 1 fully saturated rings. The molecule has 1 aromatic rings. The molecule has 0 spiro atoms. The summed E-state index contributed by atoms with van der Waals surface area (Å²) < 4.78 is 5.73. The Bertz CT molecular complexity index is 591. The molecule has 25 heavy (non-hydrogen) atoms. The fraction of sp³-hybridized carbons (Fsp3) is 0.579. The third kappa shape index (κ3) is 5.96. The largest absolute Gasteiger partial charge is 0.491 e. The van der Waals surface area contributed by atoms with Gasteiger partial charge in [-0.2, -0.15) is 0 Å². The van der Waals surface area contributed by atoms with E-state index in [9.17, 15) is 9.59 Å². The summed E-state index contributed by atoms with van der Waals surface area (Å²) in [6, 6.07) is 7.59. The van der Waals surface area contributed by atoms with Crippen LogP contribution in [0.1, 0.15) is 32.3 Å². The summed E-state index contributed by atoms with van der Waals surface area (Å²) in [6.07, 6.45) is 1.69. The number of piperidine rings is 1. The van der Waals surface area contributed by atoms with Crippen LogP contribution in [0.2, 0.25) is 0 Å². The number of hydrogen-bond donors (Lipinski definition) is 2. The molecule has 2 rings (SSSR count). The van der Waals surface area contributed by atoms with Crippen LogP contribution in [-0.4, -0.2) is 49.1 Å². The molecule has 6 heteroatoms. The summed E-state index contributed by atoms with van der Waals surface area (Å²) >= 11 is 0. The highest BCUT2D eigenvalue weighted by Gasteiger charge is 2.28. The minimum atomic E-state index is -0.130. The maximum atomic E-state index is 12.4. The van der Waals surface area contributed by atoms with Crippen molar-refractivity contribution >= 4 is 11.9 Å². The molecule has 6 nitrogen and oxygen atoms in total. The van der Waals surface area contributed by atoms with E-state index >= 15 is 0 Å². The Morgan fingerprint density at radius 3 is 2.92 bits per heavy atom. The van der Waals surface area contributed by atoms with Crippen molar-refractivity contribution in [2.24, 2.45) is 5.92 Å². The highest BCUT2D eigenvalue weighted by molar-refractivity contribution is 5.80. The Morgan fingerprint density at radius 2 is 2.20 bits per heavy atom. The van der Waals surface area contributed by atoms with E-state index in [4.69, 9.17) is 4.74 Å². The second kappa shape index (κ2) is 9.30. The third-order valence-electron chi connectivity index (χ3n) is 4.29. The quantitative estimate of drug-likeness (QED) is 0.830. The molecule has 0 radical (unpaired) electrons. The molecule has 0 aliphatic carbocycles. The van der Waals surface area contributed by atoms with E-state index in [-0.39, 0.29) is 23.9 Å². The molecule has 3 amide bonds. The van der Waals surface area contributed by atoms with Gasteiger partial charge in [0.15, 0.2) is 0 Å². The molecule has 0 saturated carbocycles. The Kier molecular flexibility index (Phi) is 7.10. The van der Waals surface area contributed by atoms with Gasteiger partial charge >= 0.3 is 6.03 Å². The maximum absolute atomic E-state index is 12.4. The van der Waals surface area contributed by atoms with Gasteiger partial charge in [0.2, 0.25) is 5.91 Å². The molecule has 0 bridgehead atoms. The number of likely N-dealkylation sites (tertiary alicyclic amines) is 1. The van der Waals surface area contributed by atoms with E-state index in [1.807, 2.05) is 45.0 Å². The Morgan fingerprint density at radius 1 is 1.40 bits per heavy atom. The van der Waals surface area contributed by atoms with Crippen LogP contribution >= 0.6 is 0 Å². The fourth-order valence-electron chi connectivity index (χ4n) is 2.96. The van der Waals surface area contributed by atoms with E-state index < -0.39 is 0 Å². The molecule has 1 saturated heterocycles. The summed E-state index contributed by atoms with van der Waals surface area (Å²) in [4.78, 5) is 26.1. The number of amides is 3. The van der Waals surface area contributed by atoms with Crippen molar-refractivity contribution in [2.75, 3.05) is 26.2 Å². The van der Waals surface area contributed by atoms with Gasteiger partial charge in [-0.05, 0) is 51.3 Å². The van der Waals surface area contributed by atoms with Crippen molar-refractivity contribution in [1.29, 1.82) is 0 Å². The van der Waals surface area contributed by atoms with Gasteiger partial charge in [-0.1, -0.05) is 12.1 Å². The molecule has 1 aliphatic rings. The van der Waals surface area contributed by atoms with Crippen molar-refractivity contribution in [3.8, 4) is 5.75 Å². The monoisotopic (exact) mass is 347 g/mol. The van der Waals surface area contributed by atoms with E-state index in [0.717, 1.165) is 24.2 Å². The number of benzene rings is 1. The average molecular weight is 347 g/mol. The van der Waals surface area contributed by atoms with E-state index in [0.29, 0.717) is 26.2 Å². The molecule has 1 aromatic carbocycles. The summed E-state index contributed by atoms with van der Waals surface area (Å²) in [5.41, 5.74) is 1.14. The first-order valence-corrected chi connectivity index (χ1v) is 9.02. The van der Waals surface area contributed by atoms with Crippen molar-refractivity contribution < 1.29 is 14.3 Å². The number of hydrogen-bond acceptors (Lipinski definition) is 3. The van der Waals surface area contributed by atoms with Gasteiger partial charge in [-0.15, -0.1) is 0 Å². The van der Waals surface area contributed by atoms with Crippen LogP contribution in [0, 0.1) is 12.8 Å². The Balaban J connectivity index is 1.79. The average Bonchev–Trinajstić information content (AvgIpc) is 2.60. The maximum Gasteiger partial charge on any atom is 0.317 e. The predicted molar refractivity (Wildman–Crippen MR) is 97.6 cm³/mol. The molecule has 1 aliphatic heterocycles. The molecule has 2 N–H and O–H groups in total. The van der Waals surface area contributed by atoms with Crippen molar-refractivity contribution in [2.45, 2.75) is 39.7 Å². The first kappa shape index (κ1) is 19.1. The van der Waals surface area contributed by atoms with Crippen molar-refractivity contribution in [3.63, 3.8) is 0 Å². The molecule has 0 aromatic heterocycles. The van der Waals surface area contributed by atoms with E-state index in [1.54, 1.807) is 4.90 Å². The highest BCUT2D eigenvalue weighted by Crippen LogP contribution is 2.17. The van der Waals surface area contributed by atoms with Gasteiger partial charge in [0.1, 0.15) is 12.4 Å². The lowest BCUT2D eigenvalue weighted by molar-refractivity contribution is -0.126. The smallest absolute Gasteiger partial charge is 0.317 e. The molecule has 0 unspecified atom stereocenters. The topological polar surface area (TPSA) is 70.7 Å². The van der Waals surface area contributed by atoms with Crippen LogP contribution in [0.15, 0.2) is 24.3 Å². The lowest BCUT2D eigenvalue weighted by Gasteiger charge is -2.32. The third-order valence-corrected chi connectivity index (χ3v) is 4.29. The Hall–Kier alpha value is -2.24. The number of aryl methyl sites for hydroxylation is 1. The number of carbonyl (C=O) groups is 2. The number of nitrogens with one attached hydrogen (secondary N) is 2. The summed E-state index contributed by atoms with van der Waals surface area (Å²) in [6.45, 7) is 8.02. The highest BCUT2D eigenvalue weighted by atomic mass is 16.5. The zero-order valence-electron chi connectivity index (χ0n) is 15.4. The van der Waals surface area contributed by atoms with E-state index in [2.05, 4.69) is 10.6 Å². The molecule has 2 atom stereocenters. The zero-order valence-corrected chi connectivity index (χ0v) is 15.4. The molecule has 138 valence electrons. The minimum absolute atomic E-state index is 0.0378. The second-order valence-corrected chi connectivity index (χ2v) is 6.66. The minimum Gasteiger partial charge on any atom is -0.491 e. The van der Waals surface area contributed by atoms with E-state index in [1.165, 1.54) is 0 Å². The standard InChI is InChI=1S/C19H29N3O3/c1-4-20-18(23)16-8-6-10-22(12-16)19(24)21-15(3)13-25-17-9-5-7-14(2)11-17/h5,7,9,11,15-16H,4,6,8,10,12-13H2,1-3H3,(H,20,23)(H,21,24)/t15-,16+/m1/s1. The number of rotatable bonds is 6. The number of urea groups is 1. The van der Waals surface area contributed by atoms with Crippen LogP contribution < -0.4 is 15.4 Å². The van der Waals surface area contributed by atoms with Crippen molar-refractivity contribution in [3.05, 3.63) is 29.8 Å². The number of ether oxygens (including phenoxy) is 1. The predicted octanol–water partition coefficient (Wildman–Crippen LogP) is 2.32. The van der Waals surface area contributed by atoms with Gasteiger partial charge < -0.3 is 20.3 Å². The molecule has 1 heterocycles. The van der Waals surface area contributed by atoms with Gasteiger partial charge in [0, 0.05) is 19.6 Å². The lowest BCUT2D eigenvalue weighted by Crippen LogP contribution is -2.51. The molecular formula is C19H29N3O3. The van der Waals surface area contributed by atoms with Crippen LogP contribution in [0.4, 0.5) is 4.79 Å². The summed E-state index contributed by atoms with van der Waals surface area (Å²) in [5.74, 6) is 0.726. The van der Waals surface area contributed by atoms with Gasteiger partial charge in [0.05, 0.1) is 12.0 Å². The second-order valence-electron chi connectivity index (χ2n) is 6.66. The normalized spacial score (nSPS) is 18.4. The summed E-state index contributed by atoms with van der Waals surface area (Å²) in [7, 11) is 0. The lowest BCUT2D eigenvalue weighted by atomic mass is 9.97. The SMILES string of the molecule is CCNC(=O)[C@H]1CCCN(C(=O)N[C@H](C)COc2cccc(C)c2)C1. The van der Waals surface area contributed by atoms with Gasteiger partial charge in [-0.3, -0.25) is 4.79 Å². The first-order valence-electron chi connectivity index (χ1n) is 9.02. The van der Waals surface area contributed by atoms with Gasteiger partial charge in [0.25, 0.3) is 0 Å². The fourth-order valence-corrected chi connectivity index (χ4v) is 2.96. The Labute approximate surface area is 149 Å².